The molecule has 148 valence electrons. The topological polar surface area (TPSA) is 49.3 Å². The van der Waals surface area contributed by atoms with Gasteiger partial charge in [-0.25, -0.2) is 14.4 Å². The van der Waals surface area contributed by atoms with Crippen molar-refractivity contribution in [1.82, 2.24) is 14.9 Å². The fraction of sp³-hybridized carbons (Fsp3) is 0.500. The van der Waals surface area contributed by atoms with Crippen LogP contribution in [0.4, 0.5) is 10.2 Å². The molecule has 1 saturated heterocycles. The van der Waals surface area contributed by atoms with E-state index in [2.05, 4.69) is 9.88 Å². The van der Waals surface area contributed by atoms with Gasteiger partial charge in [0.15, 0.2) is 0 Å². The average Bonchev–Trinajstić information content (AvgIpc) is 2.93. The second kappa shape index (κ2) is 8.25. The molecule has 5 nitrogen and oxygen atoms in total. The number of hydrogen-bond acceptors (Lipinski definition) is 4. The molecule has 6 heteroatoms. The van der Waals surface area contributed by atoms with Gasteiger partial charge in [-0.1, -0.05) is 12.1 Å². The Morgan fingerprint density at radius 3 is 2.79 bits per heavy atom. The van der Waals surface area contributed by atoms with Gasteiger partial charge in [0.2, 0.25) is 5.91 Å². The highest BCUT2D eigenvalue weighted by molar-refractivity contribution is 5.79. The Morgan fingerprint density at radius 1 is 1.07 bits per heavy atom. The normalized spacial score (nSPS) is 17.2. The second-order valence-corrected chi connectivity index (χ2v) is 7.75. The molecule has 1 aromatic heterocycles. The van der Waals surface area contributed by atoms with Crippen LogP contribution in [0, 0.1) is 12.7 Å². The van der Waals surface area contributed by atoms with Crippen molar-refractivity contribution in [2.45, 2.75) is 45.4 Å². The molecular weight excluding hydrogens is 355 g/mol. The molecule has 28 heavy (non-hydrogen) atoms. The van der Waals surface area contributed by atoms with Crippen LogP contribution in [0.5, 0.6) is 0 Å². The first-order valence-electron chi connectivity index (χ1n) is 10.2. The predicted octanol–water partition coefficient (Wildman–Crippen LogP) is 3.08. The molecule has 0 atom stereocenters. The monoisotopic (exact) mass is 382 g/mol. The Morgan fingerprint density at radius 2 is 1.93 bits per heavy atom. The summed E-state index contributed by atoms with van der Waals surface area (Å²) in [5.41, 5.74) is 3.24. The van der Waals surface area contributed by atoms with Crippen molar-refractivity contribution in [2.24, 2.45) is 0 Å². The number of anilines is 1. The van der Waals surface area contributed by atoms with Crippen molar-refractivity contribution in [3.8, 4) is 0 Å². The average molecular weight is 382 g/mol. The summed E-state index contributed by atoms with van der Waals surface area (Å²) in [5.74, 6) is 1.67. The van der Waals surface area contributed by atoms with Crippen LogP contribution in [0.3, 0.4) is 0 Å². The number of rotatable bonds is 3. The molecular formula is C22H27FN4O. The van der Waals surface area contributed by atoms with Gasteiger partial charge in [-0.3, -0.25) is 4.79 Å². The first-order valence-corrected chi connectivity index (χ1v) is 10.2. The molecule has 0 spiro atoms. The molecule has 0 unspecified atom stereocenters. The zero-order valence-corrected chi connectivity index (χ0v) is 16.5. The largest absolute Gasteiger partial charge is 0.354 e. The highest BCUT2D eigenvalue weighted by Gasteiger charge is 2.24. The maximum Gasteiger partial charge on any atom is 0.227 e. The summed E-state index contributed by atoms with van der Waals surface area (Å²) in [6.07, 6.45) is 5.64. The van der Waals surface area contributed by atoms with Gasteiger partial charge in [0.25, 0.3) is 0 Å². The summed E-state index contributed by atoms with van der Waals surface area (Å²) in [5, 5.41) is 0. The zero-order chi connectivity index (χ0) is 19.5. The molecule has 1 amide bonds. The van der Waals surface area contributed by atoms with Crippen LogP contribution in [0.1, 0.15) is 41.9 Å². The van der Waals surface area contributed by atoms with Crippen molar-refractivity contribution in [3.05, 3.63) is 52.7 Å². The Hall–Kier alpha value is -2.50. The van der Waals surface area contributed by atoms with Gasteiger partial charge in [-0.05, 0) is 56.7 Å². The highest BCUT2D eigenvalue weighted by Crippen LogP contribution is 2.28. The van der Waals surface area contributed by atoms with Gasteiger partial charge in [-0.15, -0.1) is 0 Å². The molecule has 4 rings (SSSR count). The van der Waals surface area contributed by atoms with Crippen LogP contribution in [0.15, 0.2) is 24.3 Å². The van der Waals surface area contributed by atoms with Crippen LogP contribution in [-0.4, -0.2) is 47.0 Å². The quantitative estimate of drug-likeness (QED) is 0.819. The summed E-state index contributed by atoms with van der Waals surface area (Å²) in [7, 11) is 0. The molecule has 0 radical (unpaired) electrons. The first-order chi connectivity index (χ1) is 13.6. The first kappa shape index (κ1) is 18.8. The van der Waals surface area contributed by atoms with Gasteiger partial charge in [0.1, 0.15) is 17.5 Å². The molecule has 1 aliphatic heterocycles. The number of hydrogen-bond donors (Lipinski definition) is 0. The predicted molar refractivity (Wildman–Crippen MR) is 107 cm³/mol. The number of aryl methyl sites for hydroxylation is 2. The summed E-state index contributed by atoms with van der Waals surface area (Å²) >= 11 is 0. The molecule has 2 aliphatic rings. The lowest BCUT2D eigenvalue weighted by atomic mass is 9.96. The number of benzene rings is 1. The summed E-state index contributed by atoms with van der Waals surface area (Å²) in [6.45, 7) is 5.04. The fourth-order valence-corrected chi connectivity index (χ4v) is 4.27. The maximum atomic E-state index is 13.4. The highest BCUT2D eigenvalue weighted by atomic mass is 19.1. The Balaban J connectivity index is 1.46. The van der Waals surface area contributed by atoms with E-state index in [1.165, 1.54) is 36.2 Å². The third kappa shape index (κ3) is 4.16. The van der Waals surface area contributed by atoms with E-state index in [-0.39, 0.29) is 18.1 Å². The third-order valence-electron chi connectivity index (χ3n) is 5.67. The molecule has 0 N–H and O–H groups in total. The fourth-order valence-electron chi connectivity index (χ4n) is 4.27. The standard InChI is InChI=1S/C22H27FN4O/c1-16-24-20-9-3-2-8-19(20)22(25-16)27-11-5-10-26(12-13-27)21(28)15-17-6-4-7-18(23)14-17/h4,6-7,14H,2-3,5,8-13,15H2,1H3. The molecule has 0 saturated carbocycles. The third-order valence-corrected chi connectivity index (χ3v) is 5.67. The number of fused-ring (bicyclic) bond motifs is 1. The van der Waals surface area contributed by atoms with E-state index in [0.29, 0.717) is 6.54 Å². The minimum Gasteiger partial charge on any atom is -0.354 e. The number of halogens is 1. The SMILES string of the molecule is Cc1nc2c(c(N3CCCN(C(=O)Cc4cccc(F)c4)CC3)n1)CCCC2. The van der Waals surface area contributed by atoms with Crippen LogP contribution in [0.2, 0.25) is 0 Å². The summed E-state index contributed by atoms with van der Waals surface area (Å²) in [6, 6.07) is 6.31. The van der Waals surface area contributed by atoms with Crippen molar-refractivity contribution in [2.75, 3.05) is 31.1 Å². The van der Waals surface area contributed by atoms with E-state index < -0.39 is 0 Å². The van der Waals surface area contributed by atoms with Crippen LogP contribution >= 0.6 is 0 Å². The number of amides is 1. The van der Waals surface area contributed by atoms with Gasteiger partial charge in [-0.2, -0.15) is 0 Å². The number of carbonyl (C=O) groups excluding carboxylic acids is 1. The van der Waals surface area contributed by atoms with Crippen molar-refractivity contribution >= 4 is 11.7 Å². The van der Waals surface area contributed by atoms with Crippen molar-refractivity contribution in [3.63, 3.8) is 0 Å². The van der Waals surface area contributed by atoms with E-state index in [1.807, 2.05) is 11.8 Å². The van der Waals surface area contributed by atoms with Gasteiger partial charge in [0.05, 0.1) is 6.42 Å². The molecule has 2 aromatic rings. The molecule has 1 fully saturated rings. The molecule has 2 heterocycles. The van der Waals surface area contributed by atoms with E-state index in [0.717, 1.165) is 56.1 Å². The minimum absolute atomic E-state index is 0.0633. The lowest BCUT2D eigenvalue weighted by Gasteiger charge is -2.27. The van der Waals surface area contributed by atoms with Gasteiger partial charge >= 0.3 is 0 Å². The van der Waals surface area contributed by atoms with Gasteiger partial charge < -0.3 is 9.80 Å². The van der Waals surface area contributed by atoms with E-state index >= 15 is 0 Å². The van der Waals surface area contributed by atoms with E-state index in [1.54, 1.807) is 12.1 Å². The van der Waals surface area contributed by atoms with E-state index in [4.69, 9.17) is 4.98 Å². The zero-order valence-electron chi connectivity index (χ0n) is 16.5. The smallest absolute Gasteiger partial charge is 0.227 e. The molecule has 1 aliphatic carbocycles. The van der Waals surface area contributed by atoms with Crippen LogP contribution in [-0.2, 0) is 24.1 Å². The van der Waals surface area contributed by atoms with Crippen LogP contribution in [0.25, 0.3) is 0 Å². The summed E-state index contributed by atoms with van der Waals surface area (Å²) < 4.78 is 13.4. The maximum absolute atomic E-state index is 13.4. The lowest BCUT2D eigenvalue weighted by molar-refractivity contribution is -0.130. The van der Waals surface area contributed by atoms with Crippen molar-refractivity contribution < 1.29 is 9.18 Å². The van der Waals surface area contributed by atoms with Crippen molar-refractivity contribution in [1.29, 1.82) is 0 Å². The van der Waals surface area contributed by atoms with Gasteiger partial charge in [0, 0.05) is 37.4 Å². The second-order valence-electron chi connectivity index (χ2n) is 7.75. The molecule has 0 bridgehead atoms. The number of carbonyl (C=O) groups is 1. The van der Waals surface area contributed by atoms with Crippen LogP contribution < -0.4 is 4.90 Å². The lowest BCUT2D eigenvalue weighted by Crippen LogP contribution is -2.36. The Labute approximate surface area is 165 Å². The summed E-state index contributed by atoms with van der Waals surface area (Å²) in [4.78, 5) is 26.4. The number of nitrogens with zero attached hydrogens (tertiary/aromatic N) is 4. The van der Waals surface area contributed by atoms with E-state index in [9.17, 15) is 9.18 Å². The minimum atomic E-state index is -0.295. The molecule has 1 aromatic carbocycles. The Bertz CT molecular complexity index is 870. The Kier molecular flexibility index (Phi) is 5.55. The number of aromatic nitrogens is 2.